The topological polar surface area (TPSA) is 45.0 Å². The van der Waals surface area contributed by atoms with E-state index < -0.39 is 0 Å². The summed E-state index contributed by atoms with van der Waals surface area (Å²) in [6.45, 7) is 1.54. The van der Waals surface area contributed by atoms with Crippen molar-refractivity contribution in [1.82, 2.24) is 0 Å². The number of fused-ring (bicyclic) bond motifs is 1. The minimum absolute atomic E-state index is 0.673. The first-order chi connectivity index (χ1) is 9.35. The van der Waals surface area contributed by atoms with Gasteiger partial charge in [-0.2, -0.15) is 5.26 Å². The molecule has 1 heterocycles. The van der Waals surface area contributed by atoms with Crippen molar-refractivity contribution >= 4 is 5.69 Å². The minimum Gasteiger partial charge on any atom is -0.493 e. The molecule has 0 aliphatic carbocycles. The fourth-order valence-corrected chi connectivity index (χ4v) is 2.25. The number of benzene rings is 2. The predicted octanol–water partition coefficient (Wildman–Crippen LogP) is 3.11. The van der Waals surface area contributed by atoms with Crippen molar-refractivity contribution in [2.24, 2.45) is 0 Å². The first-order valence-corrected chi connectivity index (χ1v) is 6.34. The van der Waals surface area contributed by atoms with Crippen LogP contribution in [0.25, 0.3) is 0 Å². The highest BCUT2D eigenvalue weighted by Crippen LogP contribution is 2.26. The maximum absolute atomic E-state index is 8.86. The first-order valence-electron chi connectivity index (χ1n) is 6.34. The summed E-state index contributed by atoms with van der Waals surface area (Å²) in [5.41, 5.74) is 4.15. The molecule has 0 aromatic heterocycles. The highest BCUT2D eigenvalue weighted by molar-refractivity contribution is 5.50. The van der Waals surface area contributed by atoms with Crippen LogP contribution in [0.5, 0.6) is 5.75 Å². The largest absolute Gasteiger partial charge is 0.493 e. The Bertz CT molecular complexity index is 643. The van der Waals surface area contributed by atoms with Gasteiger partial charge in [0, 0.05) is 18.7 Å². The summed E-state index contributed by atoms with van der Waals surface area (Å²) in [4.78, 5) is 0. The zero-order chi connectivity index (χ0) is 13.1. The number of anilines is 1. The molecule has 0 fully saturated rings. The van der Waals surface area contributed by atoms with Crippen molar-refractivity contribution in [3.8, 4) is 11.8 Å². The van der Waals surface area contributed by atoms with Gasteiger partial charge in [0.2, 0.25) is 0 Å². The molecule has 3 nitrogen and oxygen atoms in total. The maximum atomic E-state index is 8.86. The normalized spacial score (nSPS) is 12.4. The molecule has 0 saturated carbocycles. The van der Waals surface area contributed by atoms with Crippen LogP contribution in [0.1, 0.15) is 16.7 Å². The van der Waals surface area contributed by atoms with Crippen molar-refractivity contribution in [3.63, 3.8) is 0 Å². The molecule has 0 spiro atoms. The van der Waals surface area contributed by atoms with Gasteiger partial charge >= 0.3 is 0 Å². The van der Waals surface area contributed by atoms with Crippen LogP contribution in [0, 0.1) is 11.3 Å². The standard InChI is InChI=1S/C16H14N2O/c17-10-12-2-1-3-15(9-12)18-11-13-4-5-16-14(8-13)6-7-19-16/h1-5,8-9,18H,6-7,11H2. The lowest BCUT2D eigenvalue weighted by atomic mass is 10.1. The van der Waals surface area contributed by atoms with Crippen LogP contribution in [0.2, 0.25) is 0 Å². The van der Waals surface area contributed by atoms with E-state index in [1.165, 1.54) is 11.1 Å². The van der Waals surface area contributed by atoms with Crippen LogP contribution in [-0.4, -0.2) is 6.61 Å². The summed E-state index contributed by atoms with van der Waals surface area (Å²) < 4.78 is 5.49. The molecule has 0 unspecified atom stereocenters. The summed E-state index contributed by atoms with van der Waals surface area (Å²) in [6.07, 6.45) is 0.993. The van der Waals surface area contributed by atoms with Crippen molar-refractivity contribution in [2.75, 3.05) is 11.9 Å². The molecule has 1 aliphatic rings. The Morgan fingerprint density at radius 3 is 3.05 bits per heavy atom. The van der Waals surface area contributed by atoms with Crippen LogP contribution in [0.4, 0.5) is 5.69 Å². The van der Waals surface area contributed by atoms with Gasteiger partial charge in [0.1, 0.15) is 5.75 Å². The molecule has 0 amide bonds. The van der Waals surface area contributed by atoms with Gasteiger partial charge in [-0.25, -0.2) is 0 Å². The highest BCUT2D eigenvalue weighted by atomic mass is 16.5. The number of ether oxygens (including phenoxy) is 1. The number of rotatable bonds is 3. The summed E-state index contributed by atoms with van der Waals surface area (Å²) in [5.74, 6) is 1.01. The zero-order valence-electron chi connectivity index (χ0n) is 10.5. The highest BCUT2D eigenvalue weighted by Gasteiger charge is 2.11. The van der Waals surface area contributed by atoms with E-state index in [0.717, 1.165) is 31.0 Å². The second-order valence-corrected chi connectivity index (χ2v) is 4.59. The van der Waals surface area contributed by atoms with E-state index in [1.807, 2.05) is 24.3 Å². The lowest BCUT2D eigenvalue weighted by molar-refractivity contribution is 0.357. The summed E-state index contributed by atoms with van der Waals surface area (Å²) >= 11 is 0. The van der Waals surface area contributed by atoms with Gasteiger partial charge in [0.15, 0.2) is 0 Å². The quantitative estimate of drug-likeness (QED) is 0.910. The van der Waals surface area contributed by atoms with E-state index in [1.54, 1.807) is 6.07 Å². The lowest BCUT2D eigenvalue weighted by Gasteiger charge is -2.08. The van der Waals surface area contributed by atoms with Crippen LogP contribution in [-0.2, 0) is 13.0 Å². The predicted molar refractivity (Wildman–Crippen MR) is 74.1 cm³/mol. The molecule has 94 valence electrons. The van der Waals surface area contributed by atoms with E-state index in [9.17, 15) is 0 Å². The van der Waals surface area contributed by atoms with Crippen molar-refractivity contribution in [3.05, 3.63) is 59.2 Å². The Morgan fingerprint density at radius 1 is 1.21 bits per heavy atom. The summed E-state index contributed by atoms with van der Waals surface area (Å²) in [5, 5.41) is 12.2. The molecule has 0 bridgehead atoms. The van der Waals surface area contributed by atoms with E-state index in [-0.39, 0.29) is 0 Å². The van der Waals surface area contributed by atoms with Gasteiger partial charge in [-0.15, -0.1) is 0 Å². The molecule has 1 aliphatic heterocycles. The molecule has 0 radical (unpaired) electrons. The molecule has 19 heavy (non-hydrogen) atoms. The smallest absolute Gasteiger partial charge is 0.122 e. The van der Waals surface area contributed by atoms with Gasteiger partial charge in [-0.1, -0.05) is 18.2 Å². The Kier molecular flexibility index (Phi) is 3.07. The third kappa shape index (κ3) is 2.53. The van der Waals surface area contributed by atoms with Crippen molar-refractivity contribution in [2.45, 2.75) is 13.0 Å². The number of hydrogen-bond donors (Lipinski definition) is 1. The van der Waals surface area contributed by atoms with Gasteiger partial charge < -0.3 is 10.1 Å². The monoisotopic (exact) mass is 250 g/mol. The molecule has 0 atom stereocenters. The zero-order valence-corrected chi connectivity index (χ0v) is 10.5. The fourth-order valence-electron chi connectivity index (χ4n) is 2.25. The van der Waals surface area contributed by atoms with E-state index >= 15 is 0 Å². The average molecular weight is 250 g/mol. The third-order valence-electron chi connectivity index (χ3n) is 3.24. The number of nitriles is 1. The van der Waals surface area contributed by atoms with Gasteiger partial charge in [0.05, 0.1) is 18.2 Å². The maximum Gasteiger partial charge on any atom is 0.122 e. The minimum atomic E-state index is 0.673. The van der Waals surface area contributed by atoms with E-state index in [2.05, 4.69) is 23.5 Å². The van der Waals surface area contributed by atoms with Gasteiger partial charge in [-0.3, -0.25) is 0 Å². The van der Waals surface area contributed by atoms with Crippen molar-refractivity contribution in [1.29, 1.82) is 5.26 Å². The summed E-state index contributed by atoms with van der Waals surface area (Å²) in [6, 6.07) is 16.0. The number of hydrogen-bond acceptors (Lipinski definition) is 3. The van der Waals surface area contributed by atoms with Crippen molar-refractivity contribution < 1.29 is 4.74 Å². The van der Waals surface area contributed by atoms with Crippen LogP contribution < -0.4 is 10.1 Å². The molecular formula is C16H14N2O. The number of nitrogens with zero attached hydrogens (tertiary/aromatic N) is 1. The molecule has 3 heteroatoms. The second kappa shape index (κ2) is 5.03. The molecule has 2 aromatic carbocycles. The van der Waals surface area contributed by atoms with E-state index in [4.69, 9.17) is 10.00 Å². The second-order valence-electron chi connectivity index (χ2n) is 4.59. The SMILES string of the molecule is N#Cc1cccc(NCc2ccc3c(c2)CCO3)c1. The molecule has 0 saturated heterocycles. The Morgan fingerprint density at radius 2 is 2.16 bits per heavy atom. The molecule has 1 N–H and O–H groups in total. The van der Waals surface area contributed by atoms with Crippen LogP contribution in [0.15, 0.2) is 42.5 Å². The van der Waals surface area contributed by atoms with Gasteiger partial charge in [0.25, 0.3) is 0 Å². The molecule has 2 aromatic rings. The van der Waals surface area contributed by atoms with Gasteiger partial charge in [-0.05, 0) is 35.4 Å². The third-order valence-corrected chi connectivity index (χ3v) is 3.24. The summed E-state index contributed by atoms with van der Waals surface area (Å²) in [7, 11) is 0. The average Bonchev–Trinajstić information content (AvgIpc) is 2.93. The van der Waals surface area contributed by atoms with E-state index in [0.29, 0.717) is 5.56 Å². The molecule has 3 rings (SSSR count). The lowest BCUT2D eigenvalue weighted by Crippen LogP contribution is -1.99. The first kappa shape index (κ1) is 11.6. The molecular weight excluding hydrogens is 236 g/mol. The van der Waals surface area contributed by atoms with Crippen LogP contribution in [0.3, 0.4) is 0 Å². The Balaban J connectivity index is 1.70. The number of nitrogens with one attached hydrogen (secondary N) is 1. The Hall–Kier alpha value is -2.47. The Labute approximate surface area is 112 Å². The fraction of sp³-hybridized carbons (Fsp3) is 0.188. The van der Waals surface area contributed by atoms with Crippen LogP contribution >= 0.6 is 0 Å².